The minimum atomic E-state index is -0.299. The molecule has 0 unspecified atom stereocenters. The zero-order chi connectivity index (χ0) is 14.7. The van der Waals surface area contributed by atoms with Gasteiger partial charge in [0.15, 0.2) is 0 Å². The van der Waals surface area contributed by atoms with Gasteiger partial charge in [0.2, 0.25) is 0 Å². The number of nitrogens with one attached hydrogen (secondary N) is 2. The Kier molecular flexibility index (Phi) is 3.93. The number of carbonyl (C=O) groups excluding carboxylic acids is 1. The molecule has 1 aromatic carbocycles. The van der Waals surface area contributed by atoms with Crippen LogP contribution in [0.4, 0.5) is 5.69 Å². The van der Waals surface area contributed by atoms with Gasteiger partial charge in [-0.2, -0.15) is 5.10 Å². The molecule has 1 amide bonds. The van der Waals surface area contributed by atoms with E-state index in [-0.39, 0.29) is 5.91 Å². The molecular weight excluding hydrogens is 258 g/mol. The van der Waals surface area contributed by atoms with E-state index in [1.54, 1.807) is 18.2 Å². The van der Waals surface area contributed by atoms with Crippen molar-refractivity contribution in [1.29, 1.82) is 0 Å². The number of aryl methyl sites for hydroxylation is 2. The summed E-state index contributed by atoms with van der Waals surface area (Å²) in [4.78, 5) is 12.5. The van der Waals surface area contributed by atoms with E-state index in [1.165, 1.54) is 14.2 Å². The van der Waals surface area contributed by atoms with Crippen LogP contribution in [0.1, 0.15) is 21.7 Å². The van der Waals surface area contributed by atoms with Crippen molar-refractivity contribution in [3.63, 3.8) is 0 Å². The van der Waals surface area contributed by atoms with Crippen molar-refractivity contribution >= 4 is 11.6 Å². The summed E-state index contributed by atoms with van der Waals surface area (Å²) in [5, 5.41) is 9.70. The summed E-state index contributed by atoms with van der Waals surface area (Å²) >= 11 is 0. The van der Waals surface area contributed by atoms with Gasteiger partial charge in [-0.1, -0.05) is 6.07 Å². The number of aromatic nitrogens is 2. The van der Waals surface area contributed by atoms with E-state index in [0.29, 0.717) is 22.7 Å². The summed E-state index contributed by atoms with van der Waals surface area (Å²) in [5.41, 5.74) is 2.55. The highest BCUT2D eigenvalue weighted by molar-refractivity contribution is 6.08. The lowest BCUT2D eigenvalue weighted by Gasteiger charge is -2.13. The van der Waals surface area contributed by atoms with Gasteiger partial charge >= 0.3 is 0 Å². The predicted octanol–water partition coefficient (Wildman–Crippen LogP) is 2.30. The zero-order valence-corrected chi connectivity index (χ0v) is 11.9. The van der Waals surface area contributed by atoms with Gasteiger partial charge in [-0.15, -0.1) is 0 Å². The Hall–Kier alpha value is -2.50. The molecule has 106 valence electrons. The van der Waals surface area contributed by atoms with E-state index < -0.39 is 0 Å². The number of hydrogen-bond acceptors (Lipinski definition) is 4. The maximum absolute atomic E-state index is 12.5. The number of rotatable bonds is 4. The highest BCUT2D eigenvalue weighted by atomic mass is 16.5. The molecule has 2 rings (SSSR count). The molecule has 0 fully saturated rings. The van der Waals surface area contributed by atoms with Gasteiger partial charge in [0.05, 0.1) is 31.3 Å². The summed E-state index contributed by atoms with van der Waals surface area (Å²) in [7, 11) is 3.03. The van der Waals surface area contributed by atoms with Gasteiger partial charge in [-0.05, 0) is 26.0 Å². The first-order chi connectivity index (χ1) is 9.58. The number of carbonyl (C=O) groups is 1. The molecular formula is C14H17N3O3. The Morgan fingerprint density at radius 2 is 1.80 bits per heavy atom. The molecule has 0 spiro atoms. The molecule has 2 aromatic rings. The minimum absolute atomic E-state index is 0.299. The van der Waals surface area contributed by atoms with Gasteiger partial charge in [0.1, 0.15) is 17.1 Å². The summed E-state index contributed by atoms with van der Waals surface area (Å²) in [6.07, 6.45) is 0. The Balaban J connectivity index is 2.39. The van der Waals surface area contributed by atoms with E-state index in [2.05, 4.69) is 15.5 Å². The standard InChI is InChI=1S/C14H17N3O3/c1-8-13(9(2)17-16-8)15-14(18)12-10(19-3)6-5-7-11(12)20-4/h5-7H,1-4H3,(H,15,18)(H,16,17). The Bertz CT molecular complexity index is 593. The van der Waals surface area contributed by atoms with Crippen LogP contribution in [0.3, 0.4) is 0 Å². The Labute approximate surface area is 117 Å². The number of anilines is 1. The molecule has 0 saturated carbocycles. The predicted molar refractivity (Wildman–Crippen MR) is 75.6 cm³/mol. The average molecular weight is 275 g/mol. The summed E-state index contributed by atoms with van der Waals surface area (Å²) in [5.74, 6) is 0.619. The van der Waals surface area contributed by atoms with Crippen molar-refractivity contribution in [2.45, 2.75) is 13.8 Å². The smallest absolute Gasteiger partial charge is 0.263 e. The maximum Gasteiger partial charge on any atom is 0.263 e. The molecule has 0 saturated heterocycles. The first kappa shape index (κ1) is 13.9. The fraction of sp³-hybridized carbons (Fsp3) is 0.286. The molecule has 2 N–H and O–H groups in total. The number of methoxy groups -OCH3 is 2. The second kappa shape index (κ2) is 5.64. The summed E-state index contributed by atoms with van der Waals surface area (Å²) in [6, 6.07) is 5.20. The normalized spacial score (nSPS) is 10.2. The summed E-state index contributed by atoms with van der Waals surface area (Å²) in [6.45, 7) is 3.66. The topological polar surface area (TPSA) is 76.2 Å². The van der Waals surface area contributed by atoms with E-state index >= 15 is 0 Å². The number of nitrogens with zero attached hydrogens (tertiary/aromatic N) is 1. The second-order valence-corrected chi connectivity index (χ2v) is 4.30. The Morgan fingerprint density at radius 1 is 1.20 bits per heavy atom. The van der Waals surface area contributed by atoms with Crippen LogP contribution in [-0.4, -0.2) is 30.3 Å². The highest BCUT2D eigenvalue weighted by Crippen LogP contribution is 2.29. The van der Waals surface area contributed by atoms with Crippen LogP contribution in [-0.2, 0) is 0 Å². The van der Waals surface area contributed by atoms with Crippen LogP contribution in [0.15, 0.2) is 18.2 Å². The average Bonchev–Trinajstić information content (AvgIpc) is 2.77. The SMILES string of the molecule is COc1cccc(OC)c1C(=O)Nc1c(C)n[nH]c1C. The van der Waals surface area contributed by atoms with Crippen molar-refractivity contribution in [3.8, 4) is 11.5 Å². The van der Waals surface area contributed by atoms with Crippen LogP contribution in [0, 0.1) is 13.8 Å². The zero-order valence-electron chi connectivity index (χ0n) is 11.9. The van der Waals surface area contributed by atoms with Gasteiger partial charge in [0, 0.05) is 0 Å². The number of ether oxygens (including phenoxy) is 2. The number of aromatic amines is 1. The van der Waals surface area contributed by atoms with Crippen molar-refractivity contribution in [2.75, 3.05) is 19.5 Å². The third-order valence-corrected chi connectivity index (χ3v) is 3.02. The highest BCUT2D eigenvalue weighted by Gasteiger charge is 2.20. The van der Waals surface area contributed by atoms with Crippen LogP contribution in [0.5, 0.6) is 11.5 Å². The number of H-pyrrole nitrogens is 1. The fourth-order valence-corrected chi connectivity index (χ4v) is 1.99. The van der Waals surface area contributed by atoms with Crippen LogP contribution in [0.2, 0.25) is 0 Å². The van der Waals surface area contributed by atoms with Gasteiger partial charge in [0.25, 0.3) is 5.91 Å². The monoisotopic (exact) mass is 275 g/mol. The van der Waals surface area contributed by atoms with Gasteiger partial charge in [-0.3, -0.25) is 9.89 Å². The fourth-order valence-electron chi connectivity index (χ4n) is 1.99. The van der Waals surface area contributed by atoms with E-state index in [0.717, 1.165) is 11.4 Å². The van der Waals surface area contributed by atoms with Crippen molar-refractivity contribution in [3.05, 3.63) is 35.2 Å². The third-order valence-electron chi connectivity index (χ3n) is 3.02. The van der Waals surface area contributed by atoms with Crippen molar-refractivity contribution in [1.82, 2.24) is 10.2 Å². The molecule has 0 atom stereocenters. The molecule has 20 heavy (non-hydrogen) atoms. The van der Waals surface area contributed by atoms with Crippen LogP contribution < -0.4 is 14.8 Å². The van der Waals surface area contributed by atoms with E-state index in [1.807, 2.05) is 13.8 Å². The first-order valence-electron chi connectivity index (χ1n) is 6.12. The molecule has 0 aliphatic rings. The Morgan fingerprint density at radius 3 is 2.25 bits per heavy atom. The maximum atomic E-state index is 12.5. The van der Waals surface area contributed by atoms with Crippen molar-refractivity contribution < 1.29 is 14.3 Å². The first-order valence-corrected chi connectivity index (χ1v) is 6.12. The molecule has 0 radical (unpaired) electrons. The number of benzene rings is 1. The largest absolute Gasteiger partial charge is 0.496 e. The quantitative estimate of drug-likeness (QED) is 0.897. The van der Waals surface area contributed by atoms with E-state index in [4.69, 9.17) is 9.47 Å². The molecule has 0 bridgehead atoms. The van der Waals surface area contributed by atoms with Crippen LogP contribution >= 0.6 is 0 Å². The second-order valence-electron chi connectivity index (χ2n) is 4.30. The molecule has 6 nitrogen and oxygen atoms in total. The van der Waals surface area contributed by atoms with Gasteiger partial charge < -0.3 is 14.8 Å². The van der Waals surface area contributed by atoms with Crippen LogP contribution in [0.25, 0.3) is 0 Å². The molecule has 1 heterocycles. The third kappa shape index (κ3) is 2.45. The van der Waals surface area contributed by atoms with E-state index in [9.17, 15) is 4.79 Å². The lowest BCUT2D eigenvalue weighted by atomic mass is 10.1. The summed E-state index contributed by atoms with van der Waals surface area (Å²) < 4.78 is 10.4. The minimum Gasteiger partial charge on any atom is -0.496 e. The molecule has 1 aromatic heterocycles. The molecule has 0 aliphatic heterocycles. The molecule has 0 aliphatic carbocycles. The lowest BCUT2D eigenvalue weighted by Crippen LogP contribution is -2.15. The number of hydrogen-bond donors (Lipinski definition) is 2. The van der Waals surface area contributed by atoms with Crippen molar-refractivity contribution in [2.24, 2.45) is 0 Å². The number of amides is 1. The van der Waals surface area contributed by atoms with Gasteiger partial charge in [-0.25, -0.2) is 0 Å². The lowest BCUT2D eigenvalue weighted by molar-refractivity contribution is 0.102. The molecule has 6 heteroatoms.